The topological polar surface area (TPSA) is 102 Å². The van der Waals surface area contributed by atoms with Gasteiger partial charge in [-0.15, -0.1) is 0 Å². The minimum absolute atomic E-state index is 0.0173. The van der Waals surface area contributed by atoms with Crippen molar-refractivity contribution in [2.75, 3.05) is 7.11 Å². The second-order valence-electron chi connectivity index (χ2n) is 15.6. The van der Waals surface area contributed by atoms with Gasteiger partial charge < -0.3 is 24.4 Å². The van der Waals surface area contributed by atoms with Crippen molar-refractivity contribution in [3.05, 3.63) is 11.6 Å². The largest absolute Gasteiger partial charge is 0.462 e. The van der Waals surface area contributed by atoms with Gasteiger partial charge in [-0.3, -0.25) is 9.59 Å². The number of hydrogen-bond acceptors (Lipinski definition) is 7. The number of carbonyl (C=O) groups excluding carboxylic acids is 2. The second-order valence-corrected chi connectivity index (χ2v) is 15.6. The Labute approximate surface area is 240 Å². The zero-order valence-corrected chi connectivity index (χ0v) is 26.1. The van der Waals surface area contributed by atoms with Crippen molar-refractivity contribution in [2.24, 2.45) is 45.3 Å². The van der Waals surface area contributed by atoms with Crippen LogP contribution in [0.5, 0.6) is 0 Å². The Morgan fingerprint density at radius 2 is 1.80 bits per heavy atom. The number of fused-ring (bicyclic) bond motifs is 5. The lowest BCUT2D eigenvalue weighted by Crippen LogP contribution is -2.65. The van der Waals surface area contributed by atoms with E-state index in [1.165, 1.54) is 12.5 Å². The third kappa shape index (κ3) is 4.19. The summed E-state index contributed by atoms with van der Waals surface area (Å²) in [5.41, 5.74) is -0.801. The minimum Gasteiger partial charge on any atom is -0.462 e. The van der Waals surface area contributed by atoms with E-state index in [4.69, 9.17) is 14.2 Å². The van der Waals surface area contributed by atoms with Gasteiger partial charge in [-0.2, -0.15) is 0 Å². The van der Waals surface area contributed by atoms with E-state index in [1.54, 1.807) is 21.0 Å². The van der Waals surface area contributed by atoms with Crippen molar-refractivity contribution in [3.63, 3.8) is 0 Å². The van der Waals surface area contributed by atoms with E-state index in [0.717, 1.165) is 25.7 Å². The summed E-state index contributed by atoms with van der Waals surface area (Å²) in [6.07, 6.45) is 5.90. The molecule has 2 N–H and O–H groups in total. The molecule has 0 bridgehead atoms. The smallest absolute Gasteiger partial charge is 0.302 e. The van der Waals surface area contributed by atoms with Gasteiger partial charge >= 0.3 is 5.97 Å². The fourth-order valence-corrected chi connectivity index (χ4v) is 10.7. The number of hydrogen-bond donors (Lipinski definition) is 2. The standard InChI is InChI=1S/C33H52O7/c1-18(34)39-26-17-24-29(2,3)25(35)13-15-32(24,7)23-12-14-31(6)20(10-11-22(31)33(23,26)8)19-16-21(40-28(19)38-9)27(36)30(4,5)37/h11,19-21,23-24,26-28,36-37H,10,12-17H2,1-9H3. The third-order valence-corrected chi connectivity index (χ3v) is 12.8. The summed E-state index contributed by atoms with van der Waals surface area (Å²) in [7, 11) is 1.66. The number of ether oxygens (including phenoxy) is 3. The maximum Gasteiger partial charge on any atom is 0.302 e. The van der Waals surface area contributed by atoms with Crippen LogP contribution in [0.25, 0.3) is 0 Å². The van der Waals surface area contributed by atoms with Gasteiger partial charge in [-0.25, -0.2) is 0 Å². The first-order valence-electron chi connectivity index (χ1n) is 15.4. The number of rotatable bonds is 5. The lowest BCUT2D eigenvalue weighted by Gasteiger charge is -2.67. The highest BCUT2D eigenvalue weighted by Gasteiger charge is 2.70. The quantitative estimate of drug-likeness (QED) is 0.351. The van der Waals surface area contributed by atoms with E-state index < -0.39 is 29.5 Å². The van der Waals surface area contributed by atoms with Crippen LogP contribution in [0.4, 0.5) is 0 Å². The van der Waals surface area contributed by atoms with E-state index in [0.29, 0.717) is 31.0 Å². The van der Waals surface area contributed by atoms with Crippen LogP contribution in [0.15, 0.2) is 11.6 Å². The Bertz CT molecular complexity index is 1070. The Hall–Kier alpha value is -1.28. The summed E-state index contributed by atoms with van der Waals surface area (Å²) in [6, 6.07) is 0. The number of aliphatic hydroxyl groups is 2. The van der Waals surface area contributed by atoms with Crippen LogP contribution in [0, 0.1) is 45.3 Å². The predicted octanol–water partition coefficient (Wildman–Crippen LogP) is 5.21. The average molecular weight is 561 g/mol. The molecule has 4 fully saturated rings. The molecule has 5 rings (SSSR count). The number of carbonyl (C=O) groups is 2. The van der Waals surface area contributed by atoms with Gasteiger partial charge in [0.15, 0.2) is 6.29 Å². The van der Waals surface area contributed by atoms with Crippen LogP contribution < -0.4 is 0 Å². The molecule has 0 amide bonds. The zero-order chi connectivity index (χ0) is 29.6. The maximum absolute atomic E-state index is 13.1. The van der Waals surface area contributed by atoms with Crippen molar-refractivity contribution in [3.8, 4) is 0 Å². The first kappa shape index (κ1) is 30.2. The average Bonchev–Trinajstić information content (AvgIpc) is 3.43. The van der Waals surface area contributed by atoms with Gasteiger partial charge in [0.2, 0.25) is 0 Å². The molecule has 11 atom stereocenters. The number of ketones is 1. The molecule has 0 aromatic rings. The van der Waals surface area contributed by atoms with Gasteiger partial charge in [0.1, 0.15) is 18.0 Å². The van der Waals surface area contributed by atoms with Crippen molar-refractivity contribution >= 4 is 11.8 Å². The summed E-state index contributed by atoms with van der Waals surface area (Å²) in [4.78, 5) is 25.6. The third-order valence-electron chi connectivity index (χ3n) is 12.8. The number of esters is 1. The highest BCUT2D eigenvalue weighted by molar-refractivity contribution is 5.85. The summed E-state index contributed by atoms with van der Waals surface area (Å²) >= 11 is 0. The molecule has 1 aliphatic heterocycles. The predicted molar refractivity (Wildman–Crippen MR) is 151 cm³/mol. The Morgan fingerprint density at radius 3 is 2.40 bits per heavy atom. The molecule has 3 saturated carbocycles. The van der Waals surface area contributed by atoms with Gasteiger partial charge in [0.05, 0.1) is 11.7 Å². The fourth-order valence-electron chi connectivity index (χ4n) is 10.7. The summed E-state index contributed by atoms with van der Waals surface area (Å²) in [5.74, 6) is 0.847. The molecule has 1 saturated heterocycles. The Morgan fingerprint density at radius 1 is 1.12 bits per heavy atom. The van der Waals surface area contributed by atoms with E-state index in [9.17, 15) is 19.8 Å². The van der Waals surface area contributed by atoms with Crippen LogP contribution in [0.1, 0.15) is 100 Å². The molecule has 226 valence electrons. The first-order chi connectivity index (χ1) is 18.4. The second kappa shape index (κ2) is 9.62. The molecule has 7 heteroatoms. The molecular weight excluding hydrogens is 508 g/mol. The van der Waals surface area contributed by atoms with Gasteiger partial charge in [0, 0.05) is 37.2 Å². The number of methoxy groups -OCH3 is 1. The van der Waals surface area contributed by atoms with E-state index in [-0.39, 0.29) is 46.1 Å². The van der Waals surface area contributed by atoms with Crippen molar-refractivity contribution in [1.29, 1.82) is 0 Å². The molecule has 0 aromatic heterocycles. The molecule has 7 nitrogen and oxygen atoms in total. The molecule has 1 heterocycles. The molecule has 4 aliphatic carbocycles. The van der Waals surface area contributed by atoms with E-state index >= 15 is 0 Å². The van der Waals surface area contributed by atoms with Crippen LogP contribution in [0.3, 0.4) is 0 Å². The molecule has 11 unspecified atom stereocenters. The molecule has 5 aliphatic rings. The van der Waals surface area contributed by atoms with Crippen LogP contribution in [-0.4, -0.2) is 59.3 Å². The molecule has 40 heavy (non-hydrogen) atoms. The van der Waals surface area contributed by atoms with Crippen LogP contribution in [-0.2, 0) is 23.8 Å². The lowest BCUT2D eigenvalue weighted by atomic mass is 9.37. The first-order valence-corrected chi connectivity index (χ1v) is 15.4. The fraction of sp³-hybridized carbons (Fsp3) is 0.879. The van der Waals surface area contributed by atoms with Crippen LogP contribution in [0.2, 0.25) is 0 Å². The number of allylic oxidation sites excluding steroid dienone is 1. The van der Waals surface area contributed by atoms with Crippen LogP contribution >= 0.6 is 0 Å². The lowest BCUT2D eigenvalue weighted by molar-refractivity contribution is -0.207. The molecule has 0 aromatic carbocycles. The number of aliphatic hydroxyl groups excluding tert-OH is 1. The van der Waals surface area contributed by atoms with E-state index in [1.807, 2.05) is 0 Å². The van der Waals surface area contributed by atoms with Crippen molar-refractivity contribution in [2.45, 2.75) is 131 Å². The van der Waals surface area contributed by atoms with Crippen molar-refractivity contribution < 1.29 is 34.0 Å². The number of Topliss-reactive ketones (excluding diaryl/α,β-unsaturated/α-hetero) is 1. The normalized spacial score (nSPS) is 47.1. The summed E-state index contributed by atoms with van der Waals surface area (Å²) in [6.45, 7) is 16.0. The monoisotopic (exact) mass is 560 g/mol. The molecule has 0 spiro atoms. The summed E-state index contributed by atoms with van der Waals surface area (Å²) in [5, 5.41) is 21.3. The van der Waals surface area contributed by atoms with Crippen molar-refractivity contribution in [1.82, 2.24) is 0 Å². The highest BCUT2D eigenvalue weighted by atomic mass is 16.7. The zero-order valence-electron chi connectivity index (χ0n) is 26.1. The maximum atomic E-state index is 13.1. The van der Waals surface area contributed by atoms with E-state index in [2.05, 4.69) is 40.7 Å². The van der Waals surface area contributed by atoms with Gasteiger partial charge in [0.25, 0.3) is 0 Å². The Balaban J connectivity index is 1.51. The molecule has 0 radical (unpaired) electrons. The van der Waals surface area contributed by atoms with Gasteiger partial charge in [-0.1, -0.05) is 46.3 Å². The van der Waals surface area contributed by atoms with Gasteiger partial charge in [-0.05, 0) is 81.0 Å². The Kier molecular flexibility index (Phi) is 7.26. The minimum atomic E-state index is -1.27. The highest BCUT2D eigenvalue weighted by Crippen LogP contribution is 2.73. The SMILES string of the molecule is COC1OC(C(O)C(C)(C)O)CC1C1CC=C2C1(C)CCC1C3(C)CCC(=O)C(C)(C)C3CC(OC(C)=O)C21C. The molecular formula is C33H52O7. The summed E-state index contributed by atoms with van der Waals surface area (Å²) < 4.78 is 18.3.